The van der Waals surface area contributed by atoms with Crippen LogP contribution >= 0.6 is 0 Å². The monoisotopic (exact) mass is 348 g/mol. The van der Waals surface area contributed by atoms with Gasteiger partial charge < -0.3 is 5.32 Å². The van der Waals surface area contributed by atoms with E-state index in [1.807, 2.05) is 49.4 Å². The molecule has 1 heterocycles. The zero-order valence-corrected chi connectivity index (χ0v) is 14.7. The van der Waals surface area contributed by atoms with Crippen LogP contribution < -0.4 is 5.32 Å². The third-order valence-electron chi connectivity index (χ3n) is 4.20. The number of aromatic nitrogens is 1. The molecule has 3 nitrogen and oxygen atoms in total. The molecule has 0 bridgehead atoms. The predicted octanol–water partition coefficient (Wildman–Crippen LogP) is 5.16. The van der Waals surface area contributed by atoms with Crippen LogP contribution in [0.3, 0.4) is 0 Å². The summed E-state index contributed by atoms with van der Waals surface area (Å²) in [7, 11) is 0. The average molecular weight is 348 g/mol. The van der Waals surface area contributed by atoms with E-state index in [4.69, 9.17) is 0 Å². The molecule has 1 N–H and O–H groups in total. The Kier molecular flexibility index (Phi) is 5.74. The smallest absolute Gasteiger partial charge is 0.224 e. The van der Waals surface area contributed by atoms with Gasteiger partial charge in [-0.05, 0) is 54.7 Å². The fraction of sp³-hybridized carbons (Fsp3) is 0.182. The van der Waals surface area contributed by atoms with Gasteiger partial charge in [-0.2, -0.15) is 0 Å². The summed E-state index contributed by atoms with van der Waals surface area (Å²) >= 11 is 0. The third kappa shape index (κ3) is 4.76. The summed E-state index contributed by atoms with van der Waals surface area (Å²) in [6.07, 6.45) is 5.30. The highest BCUT2D eigenvalue weighted by Gasteiger charge is 2.06. The molecular weight excluding hydrogens is 327 g/mol. The van der Waals surface area contributed by atoms with Crippen LogP contribution in [0.15, 0.2) is 67.0 Å². The highest BCUT2D eigenvalue weighted by molar-refractivity contribution is 5.90. The minimum Gasteiger partial charge on any atom is -0.325 e. The van der Waals surface area contributed by atoms with E-state index < -0.39 is 0 Å². The van der Waals surface area contributed by atoms with Gasteiger partial charge in [-0.3, -0.25) is 9.78 Å². The Morgan fingerprint density at radius 3 is 2.62 bits per heavy atom. The number of aryl methyl sites for hydroxylation is 2. The zero-order valence-electron chi connectivity index (χ0n) is 14.7. The van der Waals surface area contributed by atoms with E-state index in [1.165, 1.54) is 0 Å². The minimum absolute atomic E-state index is 0.0173. The lowest BCUT2D eigenvalue weighted by Crippen LogP contribution is -2.11. The van der Waals surface area contributed by atoms with Crippen molar-refractivity contribution in [2.45, 2.75) is 26.2 Å². The van der Waals surface area contributed by atoms with Gasteiger partial charge in [0.25, 0.3) is 0 Å². The lowest BCUT2D eigenvalue weighted by atomic mass is 10.0. The first-order valence-electron chi connectivity index (χ1n) is 8.67. The topological polar surface area (TPSA) is 42.0 Å². The van der Waals surface area contributed by atoms with Gasteiger partial charge in [0, 0.05) is 18.2 Å². The second kappa shape index (κ2) is 8.39. The second-order valence-corrected chi connectivity index (χ2v) is 6.32. The van der Waals surface area contributed by atoms with Crippen molar-refractivity contribution in [3.05, 3.63) is 83.9 Å². The molecule has 132 valence electrons. The maximum Gasteiger partial charge on any atom is 0.224 e. The molecule has 0 saturated carbocycles. The molecule has 0 aliphatic rings. The van der Waals surface area contributed by atoms with Crippen LogP contribution in [0.2, 0.25) is 0 Å². The Labute approximate surface area is 152 Å². The largest absolute Gasteiger partial charge is 0.325 e. The molecule has 3 aromatic rings. The van der Waals surface area contributed by atoms with Crippen LogP contribution in [0.5, 0.6) is 0 Å². The van der Waals surface area contributed by atoms with E-state index in [0.717, 1.165) is 29.5 Å². The van der Waals surface area contributed by atoms with Crippen molar-refractivity contribution in [2.75, 3.05) is 5.32 Å². The van der Waals surface area contributed by atoms with Crippen molar-refractivity contribution in [3.8, 4) is 11.1 Å². The van der Waals surface area contributed by atoms with Crippen molar-refractivity contribution in [2.24, 2.45) is 0 Å². The van der Waals surface area contributed by atoms with Gasteiger partial charge in [0.15, 0.2) is 0 Å². The Morgan fingerprint density at radius 2 is 1.92 bits per heavy atom. The maximum absolute atomic E-state index is 14.1. The molecule has 0 unspecified atom stereocenters. The average Bonchev–Trinajstić information content (AvgIpc) is 2.63. The van der Waals surface area contributed by atoms with Gasteiger partial charge in [0.1, 0.15) is 5.82 Å². The number of amides is 1. The molecule has 0 radical (unpaired) electrons. The van der Waals surface area contributed by atoms with E-state index in [2.05, 4.69) is 10.3 Å². The van der Waals surface area contributed by atoms with E-state index in [9.17, 15) is 9.18 Å². The number of nitrogens with zero attached hydrogens (tertiary/aromatic N) is 1. The zero-order chi connectivity index (χ0) is 18.4. The Bertz CT molecular complexity index is 876. The Morgan fingerprint density at radius 1 is 1.12 bits per heavy atom. The van der Waals surface area contributed by atoms with Gasteiger partial charge in [-0.1, -0.05) is 36.4 Å². The van der Waals surface area contributed by atoms with E-state index >= 15 is 0 Å². The summed E-state index contributed by atoms with van der Waals surface area (Å²) in [5, 5.41) is 2.83. The second-order valence-electron chi connectivity index (χ2n) is 6.32. The first kappa shape index (κ1) is 17.8. The van der Waals surface area contributed by atoms with E-state index in [0.29, 0.717) is 17.7 Å². The summed E-state index contributed by atoms with van der Waals surface area (Å²) in [6.45, 7) is 1.88. The molecule has 3 rings (SSSR count). The lowest BCUT2D eigenvalue weighted by Gasteiger charge is -2.07. The number of anilines is 1. The summed E-state index contributed by atoms with van der Waals surface area (Å²) in [5.74, 6) is -0.221. The molecule has 0 aliphatic heterocycles. The minimum atomic E-state index is -0.204. The molecule has 1 aromatic heterocycles. The molecule has 4 heteroatoms. The fourth-order valence-electron chi connectivity index (χ4n) is 2.82. The summed E-state index contributed by atoms with van der Waals surface area (Å²) < 4.78 is 14.1. The number of nitrogens with one attached hydrogen (secondary N) is 1. The van der Waals surface area contributed by atoms with Crippen molar-refractivity contribution in [1.29, 1.82) is 0 Å². The van der Waals surface area contributed by atoms with Crippen molar-refractivity contribution < 1.29 is 9.18 Å². The van der Waals surface area contributed by atoms with Crippen LogP contribution in [0.25, 0.3) is 11.1 Å². The summed E-state index contributed by atoms with van der Waals surface area (Å²) in [5.41, 5.74) is 4.23. The van der Waals surface area contributed by atoms with Gasteiger partial charge in [-0.15, -0.1) is 0 Å². The number of carbonyl (C=O) groups excluding carboxylic acids is 1. The molecular formula is C22H21FN2O. The SMILES string of the molecule is Cc1ccc(-c2ccc(CCCC(=O)Nc3cccnc3)cc2)c(F)c1. The van der Waals surface area contributed by atoms with Crippen molar-refractivity contribution in [1.82, 2.24) is 4.98 Å². The third-order valence-corrected chi connectivity index (χ3v) is 4.20. The van der Waals surface area contributed by atoms with Crippen LogP contribution in [0.1, 0.15) is 24.0 Å². The van der Waals surface area contributed by atoms with Crippen LogP contribution in [-0.4, -0.2) is 10.9 Å². The number of rotatable bonds is 6. The quantitative estimate of drug-likeness (QED) is 0.669. The molecule has 2 aromatic carbocycles. The summed E-state index contributed by atoms with van der Waals surface area (Å²) in [4.78, 5) is 15.9. The Balaban J connectivity index is 1.52. The number of carbonyl (C=O) groups is 1. The van der Waals surface area contributed by atoms with Gasteiger partial charge in [-0.25, -0.2) is 4.39 Å². The highest BCUT2D eigenvalue weighted by Crippen LogP contribution is 2.24. The molecule has 1 amide bonds. The van der Waals surface area contributed by atoms with Gasteiger partial charge >= 0.3 is 0 Å². The van der Waals surface area contributed by atoms with Crippen LogP contribution in [-0.2, 0) is 11.2 Å². The number of benzene rings is 2. The summed E-state index contributed by atoms with van der Waals surface area (Å²) in [6, 6.07) is 16.7. The lowest BCUT2D eigenvalue weighted by molar-refractivity contribution is -0.116. The first-order chi connectivity index (χ1) is 12.6. The van der Waals surface area contributed by atoms with Crippen molar-refractivity contribution in [3.63, 3.8) is 0 Å². The standard InChI is InChI=1S/C22H21FN2O/c1-16-7-12-20(21(23)14-16)18-10-8-17(9-11-18)4-2-6-22(26)25-19-5-3-13-24-15-19/h3,5,7-15H,2,4,6H2,1H3,(H,25,26). The fourth-order valence-corrected chi connectivity index (χ4v) is 2.82. The molecule has 0 spiro atoms. The molecule has 26 heavy (non-hydrogen) atoms. The maximum atomic E-state index is 14.1. The predicted molar refractivity (Wildman–Crippen MR) is 102 cm³/mol. The van der Waals surface area contributed by atoms with Gasteiger partial charge in [0.05, 0.1) is 11.9 Å². The highest BCUT2D eigenvalue weighted by atomic mass is 19.1. The number of halogens is 1. The number of hydrogen-bond acceptors (Lipinski definition) is 2. The van der Waals surface area contributed by atoms with E-state index in [-0.39, 0.29) is 11.7 Å². The van der Waals surface area contributed by atoms with Gasteiger partial charge in [0.2, 0.25) is 5.91 Å². The van der Waals surface area contributed by atoms with Crippen LogP contribution in [0, 0.1) is 12.7 Å². The molecule has 0 atom stereocenters. The van der Waals surface area contributed by atoms with Crippen LogP contribution in [0.4, 0.5) is 10.1 Å². The van der Waals surface area contributed by atoms with Crippen molar-refractivity contribution >= 4 is 11.6 Å². The normalized spacial score (nSPS) is 10.5. The molecule has 0 fully saturated rings. The molecule has 0 saturated heterocycles. The van der Waals surface area contributed by atoms with E-state index in [1.54, 1.807) is 24.5 Å². The first-order valence-corrected chi connectivity index (χ1v) is 8.67. The number of hydrogen-bond donors (Lipinski definition) is 1. The number of pyridine rings is 1. The Hall–Kier alpha value is -3.01. The molecule has 0 aliphatic carbocycles.